The van der Waals surface area contributed by atoms with Gasteiger partial charge in [-0.15, -0.1) is 0 Å². The van der Waals surface area contributed by atoms with Crippen LogP contribution in [0.5, 0.6) is 0 Å². The Hall–Kier alpha value is -2.52. The first-order valence-electron chi connectivity index (χ1n) is 8.45. The highest BCUT2D eigenvalue weighted by molar-refractivity contribution is 5.89. The lowest BCUT2D eigenvalue weighted by Gasteiger charge is -2.45. The molecule has 1 saturated heterocycles. The standard InChI is InChI=1S/C18H24N2O7/c1-17(2,3)27-16(23)19-10-13(21)15(26-18(19,4)5)14(22)11-6-8-12(9-7-11)20(24)25/h6-9,14-15,22H,10H2,1-5H3/t14-,15+/m0/s1. The lowest BCUT2D eigenvalue weighted by molar-refractivity contribution is -0.384. The second-order valence-corrected chi connectivity index (χ2v) is 7.81. The molecule has 0 bridgehead atoms. The summed E-state index contributed by atoms with van der Waals surface area (Å²) in [6.45, 7) is 8.05. The number of hydrogen-bond donors (Lipinski definition) is 1. The van der Waals surface area contributed by atoms with Crippen molar-refractivity contribution in [2.24, 2.45) is 0 Å². The van der Waals surface area contributed by atoms with Crippen LogP contribution in [0.2, 0.25) is 0 Å². The molecule has 148 valence electrons. The van der Waals surface area contributed by atoms with Crippen LogP contribution in [0.3, 0.4) is 0 Å². The Labute approximate surface area is 157 Å². The molecule has 1 fully saturated rings. The van der Waals surface area contributed by atoms with E-state index in [1.54, 1.807) is 34.6 Å². The zero-order valence-corrected chi connectivity index (χ0v) is 16.0. The smallest absolute Gasteiger partial charge is 0.412 e. The van der Waals surface area contributed by atoms with Crippen molar-refractivity contribution < 1.29 is 29.1 Å². The Balaban J connectivity index is 2.18. The largest absolute Gasteiger partial charge is 0.444 e. The van der Waals surface area contributed by atoms with Crippen LogP contribution in [0.4, 0.5) is 10.5 Å². The van der Waals surface area contributed by atoms with Crippen LogP contribution < -0.4 is 0 Å². The Kier molecular flexibility index (Phi) is 5.58. The topological polar surface area (TPSA) is 119 Å². The third-order valence-corrected chi connectivity index (χ3v) is 4.04. The Bertz CT molecular complexity index is 737. The number of nitrogens with zero attached hydrogens (tertiary/aromatic N) is 2. The van der Waals surface area contributed by atoms with Crippen molar-refractivity contribution in [1.29, 1.82) is 0 Å². The quantitative estimate of drug-likeness (QED) is 0.632. The van der Waals surface area contributed by atoms with Crippen LogP contribution in [0.1, 0.15) is 46.3 Å². The first kappa shape index (κ1) is 20.8. The van der Waals surface area contributed by atoms with E-state index in [1.807, 2.05) is 0 Å². The van der Waals surface area contributed by atoms with Gasteiger partial charge in [-0.1, -0.05) is 0 Å². The highest BCUT2D eigenvalue weighted by atomic mass is 16.6. The number of carbonyl (C=O) groups is 2. The molecule has 1 aliphatic rings. The van der Waals surface area contributed by atoms with Crippen LogP contribution in [0.15, 0.2) is 24.3 Å². The zero-order chi connectivity index (χ0) is 20.6. The number of nitro benzene ring substituents is 1. The molecule has 1 heterocycles. The first-order valence-corrected chi connectivity index (χ1v) is 8.45. The second-order valence-electron chi connectivity index (χ2n) is 7.81. The van der Waals surface area contributed by atoms with Gasteiger partial charge in [0.2, 0.25) is 0 Å². The molecular weight excluding hydrogens is 356 g/mol. The Morgan fingerprint density at radius 3 is 2.41 bits per heavy atom. The van der Waals surface area contributed by atoms with Gasteiger partial charge in [0.05, 0.1) is 11.5 Å². The Morgan fingerprint density at radius 2 is 1.93 bits per heavy atom. The number of rotatable bonds is 3. The molecule has 2 atom stereocenters. The van der Waals surface area contributed by atoms with Crippen molar-refractivity contribution in [3.63, 3.8) is 0 Å². The third kappa shape index (κ3) is 4.81. The van der Waals surface area contributed by atoms with E-state index in [0.717, 1.165) is 0 Å². The number of benzene rings is 1. The van der Waals surface area contributed by atoms with E-state index in [-0.39, 0.29) is 12.2 Å². The fourth-order valence-corrected chi connectivity index (χ4v) is 2.69. The number of hydrogen-bond acceptors (Lipinski definition) is 7. The van der Waals surface area contributed by atoms with Gasteiger partial charge in [0, 0.05) is 12.1 Å². The van der Waals surface area contributed by atoms with Crippen LogP contribution >= 0.6 is 0 Å². The molecule has 0 saturated carbocycles. The van der Waals surface area contributed by atoms with Crippen LogP contribution in [0, 0.1) is 10.1 Å². The van der Waals surface area contributed by atoms with Gasteiger partial charge in [-0.05, 0) is 52.3 Å². The normalized spacial score (nSPS) is 20.9. The zero-order valence-electron chi connectivity index (χ0n) is 16.0. The maximum absolute atomic E-state index is 12.5. The van der Waals surface area contributed by atoms with Gasteiger partial charge in [0.25, 0.3) is 5.69 Å². The highest BCUT2D eigenvalue weighted by Crippen LogP contribution is 2.32. The van der Waals surface area contributed by atoms with Gasteiger partial charge < -0.3 is 14.6 Å². The monoisotopic (exact) mass is 380 g/mol. The average Bonchev–Trinajstić information content (AvgIpc) is 2.54. The van der Waals surface area contributed by atoms with Crippen LogP contribution in [-0.4, -0.2) is 50.8 Å². The summed E-state index contributed by atoms with van der Waals surface area (Å²) in [7, 11) is 0. The van der Waals surface area contributed by atoms with E-state index < -0.39 is 40.3 Å². The van der Waals surface area contributed by atoms with E-state index in [4.69, 9.17) is 9.47 Å². The summed E-state index contributed by atoms with van der Waals surface area (Å²) in [6.07, 6.45) is -3.22. The first-order chi connectivity index (χ1) is 12.3. The average molecular weight is 380 g/mol. The molecule has 27 heavy (non-hydrogen) atoms. The molecule has 1 aromatic carbocycles. The SMILES string of the molecule is CC(C)(C)OC(=O)N1CC(=O)[C@H]([C@@H](O)c2ccc([N+](=O)[O-])cc2)OC1(C)C. The number of aliphatic hydroxyl groups is 1. The van der Waals surface area contributed by atoms with Crippen molar-refractivity contribution in [3.8, 4) is 0 Å². The molecule has 9 heteroatoms. The highest BCUT2D eigenvalue weighted by Gasteiger charge is 2.47. The molecule has 9 nitrogen and oxygen atoms in total. The van der Waals surface area contributed by atoms with Crippen molar-refractivity contribution in [2.45, 2.75) is 58.2 Å². The molecule has 1 N–H and O–H groups in total. The summed E-state index contributed by atoms with van der Waals surface area (Å²) in [5, 5.41) is 21.3. The predicted octanol–water partition coefficient (Wildman–Crippen LogP) is 2.57. The fourth-order valence-electron chi connectivity index (χ4n) is 2.69. The number of carbonyl (C=O) groups excluding carboxylic acids is 2. The summed E-state index contributed by atoms with van der Waals surface area (Å²) >= 11 is 0. The minimum atomic E-state index is -1.32. The van der Waals surface area contributed by atoms with Gasteiger partial charge in [-0.3, -0.25) is 19.8 Å². The molecule has 1 aliphatic heterocycles. The summed E-state index contributed by atoms with van der Waals surface area (Å²) in [4.78, 5) is 36.2. The molecule has 1 aromatic rings. The number of ether oxygens (including phenoxy) is 2. The van der Waals surface area contributed by atoms with Crippen molar-refractivity contribution in [1.82, 2.24) is 4.90 Å². The molecule has 1 amide bonds. The van der Waals surface area contributed by atoms with Crippen LogP contribution in [-0.2, 0) is 14.3 Å². The van der Waals surface area contributed by atoms with E-state index >= 15 is 0 Å². The maximum atomic E-state index is 12.5. The second kappa shape index (κ2) is 7.24. The van der Waals surface area contributed by atoms with Gasteiger partial charge in [-0.2, -0.15) is 0 Å². The molecule has 0 spiro atoms. The Morgan fingerprint density at radius 1 is 1.37 bits per heavy atom. The van der Waals surface area contributed by atoms with Crippen molar-refractivity contribution >= 4 is 17.6 Å². The lowest BCUT2D eigenvalue weighted by atomic mass is 9.98. The van der Waals surface area contributed by atoms with Crippen molar-refractivity contribution in [3.05, 3.63) is 39.9 Å². The third-order valence-electron chi connectivity index (χ3n) is 4.04. The molecule has 0 aromatic heterocycles. The summed E-state index contributed by atoms with van der Waals surface area (Å²) in [5.74, 6) is -0.494. The minimum absolute atomic E-state index is 0.127. The van der Waals surface area contributed by atoms with Gasteiger partial charge in [0.15, 0.2) is 11.9 Å². The van der Waals surface area contributed by atoms with E-state index in [0.29, 0.717) is 5.56 Å². The van der Waals surface area contributed by atoms with Crippen molar-refractivity contribution in [2.75, 3.05) is 6.54 Å². The number of non-ortho nitro benzene ring substituents is 1. The number of Topliss-reactive ketones (excluding diaryl/α,β-unsaturated/α-hetero) is 1. The summed E-state index contributed by atoms with van der Waals surface area (Å²) in [6, 6.07) is 5.22. The number of amides is 1. The van der Waals surface area contributed by atoms with E-state index in [2.05, 4.69) is 0 Å². The van der Waals surface area contributed by atoms with Gasteiger partial charge in [-0.25, -0.2) is 4.79 Å². The fraction of sp³-hybridized carbons (Fsp3) is 0.556. The van der Waals surface area contributed by atoms with Gasteiger partial charge >= 0.3 is 6.09 Å². The van der Waals surface area contributed by atoms with Crippen LogP contribution in [0.25, 0.3) is 0 Å². The van der Waals surface area contributed by atoms with Gasteiger partial charge in [0.1, 0.15) is 17.4 Å². The van der Waals surface area contributed by atoms with E-state index in [9.17, 15) is 24.8 Å². The number of nitro groups is 1. The number of ketones is 1. The molecule has 0 unspecified atom stereocenters. The molecule has 0 aliphatic carbocycles. The molecular formula is C18H24N2O7. The number of aliphatic hydroxyl groups excluding tert-OH is 1. The summed E-state index contributed by atoms with van der Waals surface area (Å²) < 4.78 is 11.0. The minimum Gasteiger partial charge on any atom is -0.444 e. The summed E-state index contributed by atoms with van der Waals surface area (Å²) in [5.41, 5.74) is -1.74. The lowest BCUT2D eigenvalue weighted by Crippen LogP contribution is -2.61. The maximum Gasteiger partial charge on any atom is 0.412 e. The van der Waals surface area contributed by atoms with E-state index in [1.165, 1.54) is 29.2 Å². The molecule has 2 rings (SSSR count). The molecule has 0 radical (unpaired) electrons. The predicted molar refractivity (Wildman–Crippen MR) is 95.0 cm³/mol.